The normalized spacial score (nSPS) is 12.0. The van der Waals surface area contributed by atoms with E-state index in [2.05, 4.69) is 41.5 Å². The van der Waals surface area contributed by atoms with Crippen LogP contribution >= 0.6 is 15.1 Å². The highest BCUT2D eigenvalue weighted by atomic mass is 31.2. The highest BCUT2D eigenvalue weighted by Crippen LogP contribution is 2.61. The molecule has 232 valence electrons. The van der Waals surface area contributed by atoms with Gasteiger partial charge >= 0.3 is 0 Å². The summed E-state index contributed by atoms with van der Waals surface area (Å²) in [4.78, 5) is 11.5. The van der Waals surface area contributed by atoms with Gasteiger partial charge < -0.3 is 13.9 Å². The average Bonchev–Trinajstić information content (AvgIpc) is 2.91. The summed E-state index contributed by atoms with van der Waals surface area (Å²) in [6.07, 6.45) is 31.3. The molecule has 0 unspecified atom stereocenters. The number of rotatable bonds is 28. The van der Waals surface area contributed by atoms with E-state index in [4.69, 9.17) is 9.05 Å². The average molecular weight is 581 g/mol. The summed E-state index contributed by atoms with van der Waals surface area (Å²) in [5.41, 5.74) is 0. The van der Waals surface area contributed by atoms with Gasteiger partial charge in [0.05, 0.1) is 37.9 Å². The molecule has 0 aliphatic heterocycles. The molecule has 0 aromatic carbocycles. The van der Waals surface area contributed by atoms with E-state index in [-0.39, 0.29) is 13.2 Å². The van der Waals surface area contributed by atoms with Crippen LogP contribution in [0.1, 0.15) is 170 Å². The van der Waals surface area contributed by atoms with Crippen molar-refractivity contribution in [3.63, 3.8) is 0 Å². The van der Waals surface area contributed by atoms with E-state index in [9.17, 15) is 9.46 Å². The Kier molecular flexibility index (Phi) is 32.6. The van der Waals surface area contributed by atoms with Gasteiger partial charge in [-0.1, -0.05) is 131 Å². The Bertz CT molecular complexity index is 442. The van der Waals surface area contributed by atoms with Gasteiger partial charge in [0.2, 0.25) is 0 Å². The molecule has 0 aromatic rings. The molecule has 0 fully saturated rings. The van der Waals surface area contributed by atoms with Gasteiger partial charge in [-0.3, -0.25) is 4.57 Å². The SMILES string of the molecule is CCCCCCCCOP(=O)([O-])OCCCCCCCC.CCCC[P+](CCCC)(CCCC)CCCC. The van der Waals surface area contributed by atoms with Gasteiger partial charge in [-0.2, -0.15) is 0 Å². The van der Waals surface area contributed by atoms with Crippen molar-refractivity contribution in [1.82, 2.24) is 0 Å². The van der Waals surface area contributed by atoms with Gasteiger partial charge in [0, 0.05) is 7.26 Å². The van der Waals surface area contributed by atoms with Crippen LogP contribution in [0.25, 0.3) is 0 Å². The zero-order chi connectivity index (χ0) is 28.8. The Morgan fingerprint density at radius 3 is 1.00 bits per heavy atom. The first-order valence-corrected chi connectivity index (χ1v) is 20.8. The maximum absolute atomic E-state index is 11.5. The number of unbranched alkanes of at least 4 members (excludes halogenated alkanes) is 14. The third kappa shape index (κ3) is 28.1. The summed E-state index contributed by atoms with van der Waals surface area (Å²) in [5.74, 6) is 0. The lowest BCUT2D eigenvalue weighted by molar-refractivity contribution is -0.225. The predicted octanol–water partition coefficient (Wildman–Crippen LogP) is 11.4. The first kappa shape index (κ1) is 40.7. The number of phosphoric acid groups is 1. The standard InChI is InChI=1S/C16H35O4P.C16H36P/c1-3-5-7-9-11-13-15-19-21(17,18)20-16-14-12-10-8-6-4-2;1-5-9-13-17(14-10-6-2,15-11-7-3)16-12-8-4/h3-16H2,1-2H3,(H,17,18);5-16H2,1-4H3/q;+1/p-1. The van der Waals surface area contributed by atoms with Crippen LogP contribution in [0.4, 0.5) is 0 Å². The molecular formula is C32H70O4P2. The summed E-state index contributed by atoms with van der Waals surface area (Å²) >= 11 is 0. The Hall–Kier alpha value is 0.540. The smallest absolute Gasteiger partial charge is 0.267 e. The molecule has 0 aliphatic rings. The van der Waals surface area contributed by atoms with Gasteiger partial charge in [-0.15, -0.1) is 0 Å². The molecule has 0 bridgehead atoms. The van der Waals surface area contributed by atoms with Crippen molar-refractivity contribution in [3.05, 3.63) is 0 Å². The molecule has 0 saturated heterocycles. The molecule has 4 nitrogen and oxygen atoms in total. The summed E-state index contributed by atoms with van der Waals surface area (Å²) in [7, 11) is -4.63. The Morgan fingerprint density at radius 1 is 0.447 bits per heavy atom. The zero-order valence-corrected chi connectivity index (χ0v) is 28.7. The van der Waals surface area contributed by atoms with Crippen LogP contribution < -0.4 is 4.89 Å². The van der Waals surface area contributed by atoms with E-state index in [1.54, 1.807) is 24.6 Å². The van der Waals surface area contributed by atoms with E-state index < -0.39 is 15.1 Å². The third-order valence-electron chi connectivity index (χ3n) is 7.44. The lowest BCUT2D eigenvalue weighted by Gasteiger charge is -2.28. The fraction of sp³-hybridized carbons (Fsp3) is 1.00. The highest BCUT2D eigenvalue weighted by Gasteiger charge is 2.34. The van der Waals surface area contributed by atoms with Gasteiger partial charge in [-0.25, -0.2) is 0 Å². The summed E-state index contributed by atoms with van der Waals surface area (Å²) in [6, 6.07) is 0. The Morgan fingerprint density at radius 2 is 0.711 bits per heavy atom. The zero-order valence-electron chi connectivity index (χ0n) is 26.9. The summed E-state index contributed by atoms with van der Waals surface area (Å²) in [6.45, 7) is 14.3. The van der Waals surface area contributed by atoms with Gasteiger partial charge in [0.15, 0.2) is 0 Å². The molecule has 0 heterocycles. The van der Waals surface area contributed by atoms with Crippen molar-refractivity contribution >= 4 is 15.1 Å². The second-order valence-electron chi connectivity index (χ2n) is 11.3. The van der Waals surface area contributed by atoms with E-state index in [0.717, 1.165) is 38.5 Å². The minimum atomic E-state index is -4.07. The fourth-order valence-corrected chi connectivity index (χ4v) is 10.9. The molecule has 0 atom stereocenters. The molecule has 0 N–H and O–H groups in total. The van der Waals surface area contributed by atoms with Gasteiger partial charge in [-0.05, 0) is 38.5 Å². The molecule has 38 heavy (non-hydrogen) atoms. The molecular weight excluding hydrogens is 510 g/mol. The molecule has 0 radical (unpaired) electrons. The largest absolute Gasteiger partial charge is 0.756 e. The van der Waals surface area contributed by atoms with E-state index in [0.29, 0.717) is 0 Å². The number of hydrogen-bond acceptors (Lipinski definition) is 4. The first-order valence-electron chi connectivity index (χ1n) is 16.8. The molecule has 0 aromatic heterocycles. The minimum absolute atomic E-state index is 0.253. The van der Waals surface area contributed by atoms with Gasteiger partial charge in [0.25, 0.3) is 7.82 Å². The first-order chi connectivity index (χ1) is 18.4. The van der Waals surface area contributed by atoms with Crippen molar-refractivity contribution < 1.29 is 18.5 Å². The fourth-order valence-electron chi connectivity index (χ4n) is 4.80. The van der Waals surface area contributed by atoms with Crippen molar-refractivity contribution in [1.29, 1.82) is 0 Å². The molecule has 0 rings (SSSR count). The number of hydrogen-bond donors (Lipinski definition) is 0. The summed E-state index contributed by atoms with van der Waals surface area (Å²) < 4.78 is 21.2. The molecule has 6 heteroatoms. The van der Waals surface area contributed by atoms with Crippen LogP contribution in [0.2, 0.25) is 0 Å². The number of phosphoric ester groups is 1. The maximum Gasteiger partial charge on any atom is 0.267 e. The lowest BCUT2D eigenvalue weighted by atomic mass is 10.1. The third-order valence-corrected chi connectivity index (χ3v) is 13.5. The van der Waals surface area contributed by atoms with Crippen LogP contribution in [-0.2, 0) is 13.6 Å². The Balaban J connectivity index is 0. The van der Waals surface area contributed by atoms with Crippen LogP contribution in [0.5, 0.6) is 0 Å². The minimum Gasteiger partial charge on any atom is -0.756 e. The highest BCUT2D eigenvalue weighted by molar-refractivity contribution is 7.75. The van der Waals surface area contributed by atoms with Crippen LogP contribution in [0.3, 0.4) is 0 Å². The van der Waals surface area contributed by atoms with Gasteiger partial charge in [0.1, 0.15) is 0 Å². The van der Waals surface area contributed by atoms with E-state index in [1.165, 1.54) is 89.9 Å². The van der Waals surface area contributed by atoms with Crippen molar-refractivity contribution in [2.24, 2.45) is 0 Å². The molecule has 0 aliphatic carbocycles. The predicted molar refractivity (Wildman–Crippen MR) is 172 cm³/mol. The molecule has 0 saturated carbocycles. The molecule has 0 amide bonds. The van der Waals surface area contributed by atoms with Crippen molar-refractivity contribution in [2.75, 3.05) is 37.9 Å². The second kappa shape index (κ2) is 30.5. The van der Waals surface area contributed by atoms with E-state index in [1.807, 2.05) is 0 Å². The quantitative estimate of drug-likeness (QED) is 0.0682. The Labute approximate surface area is 241 Å². The van der Waals surface area contributed by atoms with Crippen LogP contribution in [0, 0.1) is 0 Å². The monoisotopic (exact) mass is 580 g/mol. The molecule has 0 spiro atoms. The topological polar surface area (TPSA) is 58.6 Å². The van der Waals surface area contributed by atoms with E-state index >= 15 is 0 Å². The lowest BCUT2D eigenvalue weighted by Crippen LogP contribution is -2.12. The van der Waals surface area contributed by atoms with Crippen molar-refractivity contribution in [2.45, 2.75) is 170 Å². The van der Waals surface area contributed by atoms with Crippen molar-refractivity contribution in [3.8, 4) is 0 Å². The second-order valence-corrected chi connectivity index (χ2v) is 17.2. The van der Waals surface area contributed by atoms with Crippen LogP contribution in [-0.4, -0.2) is 37.9 Å². The summed E-state index contributed by atoms with van der Waals surface area (Å²) in [5, 5.41) is 0. The van der Waals surface area contributed by atoms with Crippen LogP contribution in [0.15, 0.2) is 0 Å². The maximum atomic E-state index is 11.5.